The Labute approximate surface area is 107 Å². The van der Waals surface area contributed by atoms with Crippen LogP contribution in [0, 0.1) is 5.41 Å². The number of primary amides is 1. The summed E-state index contributed by atoms with van der Waals surface area (Å²) in [5, 5.41) is 12.0. The molecule has 0 aliphatic carbocycles. The van der Waals surface area contributed by atoms with Crippen LogP contribution in [0.5, 0.6) is 0 Å². The molecule has 0 radical (unpaired) electrons. The first-order valence-electron chi connectivity index (χ1n) is 6.05. The summed E-state index contributed by atoms with van der Waals surface area (Å²) in [6.07, 6.45) is 3.20. The Morgan fingerprint density at radius 2 is 2.22 bits per heavy atom. The van der Waals surface area contributed by atoms with Crippen LogP contribution < -0.4 is 11.1 Å². The summed E-state index contributed by atoms with van der Waals surface area (Å²) in [6.45, 7) is 5.24. The van der Waals surface area contributed by atoms with Crippen molar-refractivity contribution in [2.24, 2.45) is 11.1 Å². The fraction of sp³-hybridized carbons (Fsp3) is 0.538. The molecule has 4 N–H and O–H groups in total. The Balaban J connectivity index is 2.50. The van der Waals surface area contributed by atoms with E-state index < -0.39 is 5.91 Å². The van der Waals surface area contributed by atoms with Gasteiger partial charge in [0, 0.05) is 19.3 Å². The number of carbonyl (C=O) groups is 1. The number of hydrogen-bond donors (Lipinski definition) is 3. The lowest BCUT2D eigenvalue weighted by molar-refractivity contribution is 0.1000. The third kappa shape index (κ3) is 4.71. The van der Waals surface area contributed by atoms with E-state index in [4.69, 9.17) is 10.8 Å². The fourth-order valence-electron chi connectivity index (χ4n) is 1.62. The molecule has 1 heterocycles. The van der Waals surface area contributed by atoms with Crippen molar-refractivity contribution < 1.29 is 9.90 Å². The summed E-state index contributed by atoms with van der Waals surface area (Å²) in [5.41, 5.74) is 5.63. The largest absolute Gasteiger partial charge is 0.396 e. The Hall–Kier alpha value is -1.62. The van der Waals surface area contributed by atoms with Crippen molar-refractivity contribution in [2.75, 3.05) is 18.5 Å². The number of anilines is 1. The average molecular weight is 251 g/mol. The molecular formula is C13H21N3O2. The molecular weight excluding hydrogens is 230 g/mol. The van der Waals surface area contributed by atoms with Crippen LogP contribution in [0.25, 0.3) is 0 Å². The molecule has 1 rings (SSSR count). The summed E-state index contributed by atoms with van der Waals surface area (Å²) < 4.78 is 0. The van der Waals surface area contributed by atoms with Crippen molar-refractivity contribution in [2.45, 2.75) is 26.7 Å². The number of aliphatic hydroxyl groups is 1. The van der Waals surface area contributed by atoms with Gasteiger partial charge in [-0.25, -0.2) is 4.98 Å². The zero-order chi connectivity index (χ0) is 13.6. The van der Waals surface area contributed by atoms with Gasteiger partial charge >= 0.3 is 0 Å². The number of nitrogens with two attached hydrogens (primary N) is 1. The van der Waals surface area contributed by atoms with Crippen molar-refractivity contribution >= 4 is 11.7 Å². The van der Waals surface area contributed by atoms with Gasteiger partial charge in [0.2, 0.25) is 5.91 Å². The Kier molecular flexibility index (Phi) is 5.09. The van der Waals surface area contributed by atoms with Crippen LogP contribution in [0.3, 0.4) is 0 Å². The highest BCUT2D eigenvalue weighted by Crippen LogP contribution is 2.22. The molecule has 1 aromatic rings. The van der Waals surface area contributed by atoms with Crippen LogP contribution in [0.1, 0.15) is 37.0 Å². The fourth-order valence-corrected chi connectivity index (χ4v) is 1.62. The van der Waals surface area contributed by atoms with Gasteiger partial charge in [-0.2, -0.15) is 0 Å². The van der Waals surface area contributed by atoms with E-state index >= 15 is 0 Å². The third-order valence-electron chi connectivity index (χ3n) is 2.81. The van der Waals surface area contributed by atoms with Crippen molar-refractivity contribution in [3.63, 3.8) is 0 Å². The van der Waals surface area contributed by atoms with E-state index in [1.807, 2.05) is 0 Å². The summed E-state index contributed by atoms with van der Waals surface area (Å²) in [6, 6.07) is 3.39. The molecule has 0 aromatic carbocycles. The second-order valence-corrected chi connectivity index (χ2v) is 5.14. The number of rotatable bonds is 7. The first-order chi connectivity index (χ1) is 8.44. The predicted octanol–water partition coefficient (Wildman–Crippen LogP) is 1.39. The molecule has 0 aliphatic rings. The van der Waals surface area contributed by atoms with Crippen LogP contribution in [0.15, 0.2) is 18.3 Å². The first kappa shape index (κ1) is 14.4. The number of carbonyl (C=O) groups excluding carboxylic acids is 1. The van der Waals surface area contributed by atoms with Gasteiger partial charge in [-0.3, -0.25) is 4.79 Å². The van der Waals surface area contributed by atoms with E-state index in [2.05, 4.69) is 24.1 Å². The minimum atomic E-state index is -0.475. The Morgan fingerprint density at radius 1 is 1.50 bits per heavy atom. The normalized spacial score (nSPS) is 11.3. The van der Waals surface area contributed by atoms with Gasteiger partial charge < -0.3 is 16.2 Å². The first-order valence-corrected chi connectivity index (χ1v) is 6.05. The zero-order valence-electron chi connectivity index (χ0n) is 10.9. The van der Waals surface area contributed by atoms with Crippen molar-refractivity contribution in [3.05, 3.63) is 23.9 Å². The minimum absolute atomic E-state index is 0.0900. The van der Waals surface area contributed by atoms with E-state index in [0.717, 1.165) is 25.2 Å². The second kappa shape index (κ2) is 6.35. The molecule has 0 aliphatic heterocycles. The van der Waals surface area contributed by atoms with E-state index in [1.165, 1.54) is 6.20 Å². The van der Waals surface area contributed by atoms with Gasteiger partial charge in [0.05, 0.1) is 5.56 Å². The molecule has 0 fully saturated rings. The Bertz CT molecular complexity index is 388. The number of amides is 1. The predicted molar refractivity (Wildman–Crippen MR) is 71.3 cm³/mol. The smallest absolute Gasteiger partial charge is 0.250 e. The SMILES string of the molecule is CC(C)(CCCO)CNc1ccc(C(N)=O)cn1. The number of hydrogen-bond acceptors (Lipinski definition) is 4. The summed E-state index contributed by atoms with van der Waals surface area (Å²) in [5.74, 6) is 0.245. The second-order valence-electron chi connectivity index (χ2n) is 5.14. The molecule has 0 spiro atoms. The summed E-state index contributed by atoms with van der Waals surface area (Å²) in [4.78, 5) is 15.0. The highest BCUT2D eigenvalue weighted by atomic mass is 16.2. The van der Waals surface area contributed by atoms with Gasteiger partial charge in [-0.05, 0) is 30.4 Å². The van der Waals surface area contributed by atoms with Crippen molar-refractivity contribution in [1.82, 2.24) is 4.98 Å². The van der Waals surface area contributed by atoms with E-state index in [0.29, 0.717) is 5.56 Å². The molecule has 0 unspecified atom stereocenters. The molecule has 5 nitrogen and oxygen atoms in total. The third-order valence-corrected chi connectivity index (χ3v) is 2.81. The van der Waals surface area contributed by atoms with Gasteiger partial charge in [-0.15, -0.1) is 0 Å². The van der Waals surface area contributed by atoms with Gasteiger partial charge in [0.1, 0.15) is 5.82 Å². The summed E-state index contributed by atoms with van der Waals surface area (Å²) in [7, 11) is 0. The van der Waals surface area contributed by atoms with Crippen LogP contribution in [-0.4, -0.2) is 29.1 Å². The van der Waals surface area contributed by atoms with Crippen LogP contribution in [0.2, 0.25) is 0 Å². The van der Waals surface area contributed by atoms with Crippen molar-refractivity contribution in [1.29, 1.82) is 0 Å². The van der Waals surface area contributed by atoms with Gasteiger partial charge in [0.25, 0.3) is 0 Å². The molecule has 100 valence electrons. The maximum Gasteiger partial charge on any atom is 0.250 e. The highest BCUT2D eigenvalue weighted by molar-refractivity contribution is 5.92. The summed E-state index contributed by atoms with van der Waals surface area (Å²) >= 11 is 0. The molecule has 0 saturated carbocycles. The van der Waals surface area contributed by atoms with E-state index in [1.54, 1.807) is 12.1 Å². The lowest BCUT2D eigenvalue weighted by Crippen LogP contribution is -2.24. The standard InChI is InChI=1S/C13H21N3O2/c1-13(2,6-3-7-17)9-16-11-5-4-10(8-15-11)12(14)18/h4-5,8,17H,3,6-7,9H2,1-2H3,(H2,14,18)(H,15,16). The van der Waals surface area contributed by atoms with Crippen LogP contribution >= 0.6 is 0 Å². The number of pyridine rings is 1. The lowest BCUT2D eigenvalue weighted by Gasteiger charge is -2.24. The lowest BCUT2D eigenvalue weighted by atomic mass is 9.88. The number of aliphatic hydroxyl groups excluding tert-OH is 1. The van der Waals surface area contributed by atoms with Gasteiger partial charge in [0.15, 0.2) is 0 Å². The van der Waals surface area contributed by atoms with E-state index in [-0.39, 0.29) is 12.0 Å². The molecule has 0 saturated heterocycles. The molecule has 0 atom stereocenters. The number of aromatic nitrogens is 1. The quantitative estimate of drug-likeness (QED) is 0.683. The van der Waals surface area contributed by atoms with Crippen LogP contribution in [-0.2, 0) is 0 Å². The van der Waals surface area contributed by atoms with E-state index in [9.17, 15) is 4.79 Å². The molecule has 18 heavy (non-hydrogen) atoms. The van der Waals surface area contributed by atoms with Gasteiger partial charge in [-0.1, -0.05) is 13.8 Å². The van der Waals surface area contributed by atoms with Crippen molar-refractivity contribution in [3.8, 4) is 0 Å². The highest BCUT2D eigenvalue weighted by Gasteiger charge is 2.17. The van der Waals surface area contributed by atoms with Crippen LogP contribution in [0.4, 0.5) is 5.82 Å². The monoisotopic (exact) mass is 251 g/mol. The Morgan fingerprint density at radius 3 is 2.72 bits per heavy atom. The zero-order valence-corrected chi connectivity index (χ0v) is 10.9. The molecule has 5 heteroatoms. The minimum Gasteiger partial charge on any atom is -0.396 e. The molecule has 0 bridgehead atoms. The topological polar surface area (TPSA) is 88.2 Å². The number of nitrogens with zero attached hydrogens (tertiary/aromatic N) is 1. The maximum atomic E-state index is 10.9. The average Bonchev–Trinajstić information content (AvgIpc) is 2.35. The molecule has 1 aromatic heterocycles. The maximum absolute atomic E-state index is 10.9. The number of nitrogens with one attached hydrogen (secondary N) is 1. The molecule has 1 amide bonds.